The molecule has 1 N–H and O–H groups in total. The molecule has 0 saturated carbocycles. The number of carbonyl (C=O) groups is 2. The molecule has 2 aromatic carbocycles. The van der Waals surface area contributed by atoms with Crippen LogP contribution in [0.5, 0.6) is 5.75 Å². The second-order valence-corrected chi connectivity index (χ2v) is 5.25. The molecule has 0 radical (unpaired) electrons. The Morgan fingerprint density at radius 3 is 2.42 bits per heavy atom. The lowest BCUT2D eigenvalue weighted by molar-refractivity contribution is 0.0600. The number of unbranched alkanes of at least 4 members (excludes halogenated alkanes) is 1. The van der Waals surface area contributed by atoms with Crippen LogP contribution in [0, 0.1) is 0 Å². The molecule has 0 spiro atoms. The predicted molar refractivity (Wildman–Crippen MR) is 92.6 cm³/mol. The van der Waals surface area contributed by atoms with E-state index in [1.807, 2.05) is 12.1 Å². The maximum absolute atomic E-state index is 12.3. The summed E-state index contributed by atoms with van der Waals surface area (Å²) >= 11 is 0. The van der Waals surface area contributed by atoms with Gasteiger partial charge < -0.3 is 14.8 Å². The third-order valence-electron chi connectivity index (χ3n) is 3.42. The van der Waals surface area contributed by atoms with Gasteiger partial charge in [-0.15, -0.1) is 0 Å². The Balaban J connectivity index is 2.00. The smallest absolute Gasteiger partial charge is 0.337 e. The van der Waals surface area contributed by atoms with Crippen molar-refractivity contribution in [3.63, 3.8) is 0 Å². The van der Waals surface area contributed by atoms with Crippen molar-refractivity contribution in [2.75, 3.05) is 19.0 Å². The van der Waals surface area contributed by atoms with Crippen LogP contribution in [0.1, 0.15) is 40.5 Å². The molecule has 0 aliphatic heterocycles. The SMILES string of the molecule is CCCCOc1ccc(NC(=O)c2cccc(C(=O)OC)c2)cc1. The Morgan fingerprint density at radius 1 is 1.04 bits per heavy atom. The summed E-state index contributed by atoms with van der Waals surface area (Å²) in [6, 6.07) is 13.6. The zero-order chi connectivity index (χ0) is 17.4. The first-order valence-electron chi connectivity index (χ1n) is 7.86. The first-order chi connectivity index (χ1) is 11.6. The van der Waals surface area contributed by atoms with E-state index in [1.54, 1.807) is 30.3 Å². The van der Waals surface area contributed by atoms with Gasteiger partial charge in [0, 0.05) is 11.3 Å². The normalized spacial score (nSPS) is 10.1. The minimum atomic E-state index is -0.474. The van der Waals surface area contributed by atoms with Gasteiger partial charge in [0.1, 0.15) is 5.75 Å². The molecule has 5 nitrogen and oxygen atoms in total. The summed E-state index contributed by atoms with van der Waals surface area (Å²) in [5, 5.41) is 2.79. The number of ether oxygens (including phenoxy) is 2. The molecule has 0 bridgehead atoms. The Labute approximate surface area is 141 Å². The van der Waals surface area contributed by atoms with Crippen LogP contribution in [-0.4, -0.2) is 25.6 Å². The molecular weight excluding hydrogens is 306 g/mol. The van der Waals surface area contributed by atoms with E-state index in [2.05, 4.69) is 17.0 Å². The molecule has 24 heavy (non-hydrogen) atoms. The Bertz CT molecular complexity index is 695. The molecule has 0 saturated heterocycles. The topological polar surface area (TPSA) is 64.6 Å². The Morgan fingerprint density at radius 2 is 1.75 bits per heavy atom. The number of amides is 1. The largest absolute Gasteiger partial charge is 0.494 e. The fourth-order valence-electron chi connectivity index (χ4n) is 2.08. The van der Waals surface area contributed by atoms with Crippen LogP contribution >= 0.6 is 0 Å². The summed E-state index contributed by atoms with van der Waals surface area (Å²) in [6.07, 6.45) is 2.09. The molecule has 0 heterocycles. The third-order valence-corrected chi connectivity index (χ3v) is 3.42. The first-order valence-corrected chi connectivity index (χ1v) is 7.86. The van der Waals surface area contributed by atoms with E-state index in [1.165, 1.54) is 13.2 Å². The van der Waals surface area contributed by atoms with Crippen LogP contribution in [0.25, 0.3) is 0 Å². The molecular formula is C19H21NO4. The van der Waals surface area contributed by atoms with Gasteiger partial charge in [0.05, 0.1) is 19.3 Å². The lowest BCUT2D eigenvalue weighted by atomic mass is 10.1. The van der Waals surface area contributed by atoms with E-state index in [4.69, 9.17) is 4.74 Å². The van der Waals surface area contributed by atoms with Gasteiger partial charge in [-0.05, 0) is 48.9 Å². The van der Waals surface area contributed by atoms with E-state index < -0.39 is 5.97 Å². The molecule has 2 aromatic rings. The highest BCUT2D eigenvalue weighted by Crippen LogP contribution is 2.17. The number of esters is 1. The van der Waals surface area contributed by atoms with Crippen molar-refractivity contribution in [1.29, 1.82) is 0 Å². The van der Waals surface area contributed by atoms with Crippen LogP contribution in [0.3, 0.4) is 0 Å². The average Bonchev–Trinajstić information content (AvgIpc) is 2.62. The van der Waals surface area contributed by atoms with Crippen LogP contribution in [-0.2, 0) is 4.74 Å². The lowest BCUT2D eigenvalue weighted by Crippen LogP contribution is -2.13. The van der Waals surface area contributed by atoms with Crippen molar-refractivity contribution in [3.8, 4) is 5.75 Å². The molecule has 0 aliphatic carbocycles. The number of nitrogens with one attached hydrogen (secondary N) is 1. The molecule has 5 heteroatoms. The van der Waals surface area contributed by atoms with Gasteiger partial charge in [-0.3, -0.25) is 4.79 Å². The second kappa shape index (κ2) is 8.72. The maximum Gasteiger partial charge on any atom is 0.337 e. The molecule has 1 amide bonds. The maximum atomic E-state index is 12.3. The molecule has 0 aliphatic rings. The lowest BCUT2D eigenvalue weighted by Gasteiger charge is -2.08. The fourth-order valence-corrected chi connectivity index (χ4v) is 2.08. The van der Waals surface area contributed by atoms with Crippen LogP contribution in [0.15, 0.2) is 48.5 Å². The average molecular weight is 327 g/mol. The minimum Gasteiger partial charge on any atom is -0.494 e. The van der Waals surface area contributed by atoms with Gasteiger partial charge in [-0.25, -0.2) is 4.79 Å². The molecule has 0 aromatic heterocycles. The van der Waals surface area contributed by atoms with Gasteiger partial charge in [-0.2, -0.15) is 0 Å². The second-order valence-electron chi connectivity index (χ2n) is 5.25. The molecule has 2 rings (SSSR count). The van der Waals surface area contributed by atoms with Crippen molar-refractivity contribution < 1.29 is 19.1 Å². The molecule has 126 valence electrons. The van der Waals surface area contributed by atoms with Crippen LogP contribution in [0.4, 0.5) is 5.69 Å². The highest BCUT2D eigenvalue weighted by molar-refractivity contribution is 6.05. The van der Waals surface area contributed by atoms with E-state index in [0.717, 1.165) is 18.6 Å². The number of anilines is 1. The van der Waals surface area contributed by atoms with E-state index in [0.29, 0.717) is 23.4 Å². The zero-order valence-electron chi connectivity index (χ0n) is 13.9. The summed E-state index contributed by atoms with van der Waals surface area (Å²) in [6.45, 7) is 2.79. The number of rotatable bonds is 7. The third kappa shape index (κ3) is 4.84. The molecule has 0 fully saturated rings. The number of hydrogen-bond donors (Lipinski definition) is 1. The number of benzene rings is 2. The van der Waals surface area contributed by atoms with Crippen molar-refractivity contribution in [2.45, 2.75) is 19.8 Å². The van der Waals surface area contributed by atoms with Gasteiger partial charge in [0.2, 0.25) is 0 Å². The van der Waals surface area contributed by atoms with Gasteiger partial charge >= 0.3 is 5.97 Å². The van der Waals surface area contributed by atoms with E-state index in [9.17, 15) is 9.59 Å². The highest BCUT2D eigenvalue weighted by atomic mass is 16.5. The number of hydrogen-bond acceptors (Lipinski definition) is 4. The summed E-state index contributed by atoms with van der Waals surface area (Å²) in [5.74, 6) is 0.00720. The van der Waals surface area contributed by atoms with Crippen molar-refractivity contribution >= 4 is 17.6 Å². The Kier molecular flexibility index (Phi) is 6.37. The Hall–Kier alpha value is -2.82. The van der Waals surface area contributed by atoms with E-state index in [-0.39, 0.29) is 5.91 Å². The summed E-state index contributed by atoms with van der Waals surface area (Å²) < 4.78 is 10.2. The minimum absolute atomic E-state index is 0.291. The van der Waals surface area contributed by atoms with Gasteiger partial charge in [0.25, 0.3) is 5.91 Å². The van der Waals surface area contributed by atoms with Crippen molar-refractivity contribution in [2.24, 2.45) is 0 Å². The van der Waals surface area contributed by atoms with E-state index >= 15 is 0 Å². The molecule has 0 atom stereocenters. The van der Waals surface area contributed by atoms with Gasteiger partial charge in [-0.1, -0.05) is 19.4 Å². The number of carbonyl (C=O) groups excluding carboxylic acids is 2. The van der Waals surface area contributed by atoms with Crippen LogP contribution < -0.4 is 10.1 Å². The van der Waals surface area contributed by atoms with Crippen molar-refractivity contribution in [3.05, 3.63) is 59.7 Å². The molecule has 0 unspecified atom stereocenters. The fraction of sp³-hybridized carbons (Fsp3) is 0.263. The summed E-state index contributed by atoms with van der Waals surface area (Å²) in [7, 11) is 1.30. The van der Waals surface area contributed by atoms with Gasteiger partial charge in [0.15, 0.2) is 0 Å². The quantitative estimate of drug-likeness (QED) is 0.619. The summed E-state index contributed by atoms with van der Waals surface area (Å²) in [4.78, 5) is 23.8. The number of methoxy groups -OCH3 is 1. The highest BCUT2D eigenvalue weighted by Gasteiger charge is 2.11. The summed E-state index contributed by atoms with van der Waals surface area (Å²) in [5.41, 5.74) is 1.39. The standard InChI is InChI=1S/C19H21NO4/c1-3-4-12-24-17-10-8-16(9-11-17)20-18(21)14-6-5-7-15(13-14)19(22)23-2/h5-11,13H,3-4,12H2,1-2H3,(H,20,21). The predicted octanol–water partition coefficient (Wildman–Crippen LogP) is 3.90. The van der Waals surface area contributed by atoms with Crippen molar-refractivity contribution in [1.82, 2.24) is 0 Å². The van der Waals surface area contributed by atoms with Crippen LogP contribution in [0.2, 0.25) is 0 Å². The zero-order valence-corrected chi connectivity index (χ0v) is 13.9. The monoisotopic (exact) mass is 327 g/mol. The first kappa shape index (κ1) is 17.5.